The van der Waals surface area contributed by atoms with Crippen molar-refractivity contribution >= 4 is 0 Å². The van der Waals surface area contributed by atoms with Gasteiger partial charge in [-0.05, 0) is 110 Å². The first-order valence-electron chi connectivity index (χ1n) is 12.0. The molecule has 1 N–H and O–H groups in total. The maximum Gasteiger partial charge on any atom is 0.0942 e. The lowest BCUT2D eigenvalue weighted by molar-refractivity contribution is -0.182. The summed E-state index contributed by atoms with van der Waals surface area (Å²) in [4.78, 5) is 0. The second-order valence-electron chi connectivity index (χ2n) is 12.7. The van der Waals surface area contributed by atoms with Gasteiger partial charge in [0.05, 0.1) is 5.76 Å². The smallest absolute Gasteiger partial charge is 0.0942 e. The summed E-state index contributed by atoms with van der Waals surface area (Å²) in [7, 11) is 0. The number of rotatable bonds is 0. The zero-order valence-corrected chi connectivity index (χ0v) is 18.5. The summed E-state index contributed by atoms with van der Waals surface area (Å²) in [6.45, 7) is 12.6. The Hall–Kier alpha value is -0.460. The first-order valence-corrected chi connectivity index (χ1v) is 12.0. The van der Waals surface area contributed by atoms with Gasteiger partial charge in [0.2, 0.25) is 0 Å². The van der Waals surface area contributed by atoms with Gasteiger partial charge in [0.15, 0.2) is 0 Å². The van der Waals surface area contributed by atoms with Crippen LogP contribution in [0.15, 0.2) is 11.8 Å². The Labute approximate surface area is 167 Å². The molecule has 4 unspecified atom stereocenters. The van der Waals surface area contributed by atoms with E-state index in [0.717, 1.165) is 30.1 Å². The minimum atomic E-state index is -0.0399. The Balaban J connectivity index is 1.50. The second kappa shape index (κ2) is 5.57. The average Bonchev–Trinajstić information content (AvgIpc) is 3.00. The van der Waals surface area contributed by atoms with E-state index in [1.807, 2.05) is 0 Å². The quantitative estimate of drug-likeness (QED) is 0.467. The van der Waals surface area contributed by atoms with Gasteiger partial charge in [0.1, 0.15) is 0 Å². The normalized spacial score (nSPS) is 56.3. The fourth-order valence-corrected chi connectivity index (χ4v) is 10.1. The van der Waals surface area contributed by atoms with Gasteiger partial charge in [0.25, 0.3) is 0 Å². The summed E-state index contributed by atoms with van der Waals surface area (Å²) >= 11 is 0. The molecule has 4 fully saturated rings. The van der Waals surface area contributed by atoms with Crippen molar-refractivity contribution in [2.75, 3.05) is 0 Å². The minimum Gasteiger partial charge on any atom is -0.512 e. The summed E-state index contributed by atoms with van der Waals surface area (Å²) in [5.41, 5.74) is 1.55. The molecule has 152 valence electrons. The van der Waals surface area contributed by atoms with E-state index in [-0.39, 0.29) is 5.41 Å². The molecule has 0 bridgehead atoms. The first-order chi connectivity index (χ1) is 12.6. The van der Waals surface area contributed by atoms with Crippen molar-refractivity contribution in [2.24, 2.45) is 51.2 Å². The average molecular weight is 371 g/mol. The van der Waals surface area contributed by atoms with Crippen LogP contribution in [-0.4, -0.2) is 5.11 Å². The highest BCUT2D eigenvalue weighted by Gasteiger charge is 2.64. The van der Waals surface area contributed by atoms with Gasteiger partial charge in [0, 0.05) is 5.41 Å². The van der Waals surface area contributed by atoms with Gasteiger partial charge in [-0.1, -0.05) is 41.0 Å². The molecular formula is C26H42O. The summed E-state index contributed by atoms with van der Waals surface area (Å²) in [6, 6.07) is 0. The maximum absolute atomic E-state index is 10.6. The highest BCUT2D eigenvalue weighted by atomic mass is 16.3. The minimum absolute atomic E-state index is 0.0399. The lowest BCUT2D eigenvalue weighted by Crippen LogP contribution is -2.61. The van der Waals surface area contributed by atoms with Crippen LogP contribution in [0.4, 0.5) is 0 Å². The number of aliphatic hydroxyl groups is 1. The van der Waals surface area contributed by atoms with Crippen LogP contribution in [0.2, 0.25) is 0 Å². The maximum atomic E-state index is 10.6. The Morgan fingerprint density at radius 1 is 0.778 bits per heavy atom. The third-order valence-electron chi connectivity index (χ3n) is 11.5. The zero-order chi connectivity index (χ0) is 19.2. The third-order valence-corrected chi connectivity index (χ3v) is 11.5. The molecule has 0 spiro atoms. The summed E-state index contributed by atoms with van der Waals surface area (Å²) in [5, 5.41) is 10.6. The molecule has 8 atom stereocenters. The van der Waals surface area contributed by atoms with Crippen LogP contribution in [0, 0.1) is 51.2 Å². The highest BCUT2D eigenvalue weighted by molar-refractivity contribution is 5.21. The van der Waals surface area contributed by atoms with Crippen molar-refractivity contribution in [3.63, 3.8) is 0 Å². The largest absolute Gasteiger partial charge is 0.512 e. The van der Waals surface area contributed by atoms with Crippen LogP contribution >= 0.6 is 0 Å². The SMILES string of the molecule is CC1(C)C(O)=CC[C@@]2(C)C1CC[C@@]1(C)C3CC[C@@]4(C)CCCC4[C@H]3CCC12. The first kappa shape index (κ1) is 18.6. The fraction of sp³-hybridized carbons (Fsp3) is 0.923. The van der Waals surface area contributed by atoms with Crippen molar-refractivity contribution < 1.29 is 5.11 Å². The Bertz CT molecular complexity index is 661. The van der Waals surface area contributed by atoms with Crippen LogP contribution in [0.5, 0.6) is 0 Å². The fourth-order valence-electron chi connectivity index (χ4n) is 10.1. The van der Waals surface area contributed by atoms with E-state index in [0.29, 0.717) is 27.9 Å². The number of aliphatic hydroxyl groups excluding tert-OH is 1. The van der Waals surface area contributed by atoms with Crippen molar-refractivity contribution in [3.05, 3.63) is 11.8 Å². The van der Waals surface area contributed by atoms with Crippen LogP contribution in [0.1, 0.15) is 98.8 Å². The summed E-state index contributed by atoms with van der Waals surface area (Å²) in [6.07, 6.45) is 16.5. The molecule has 5 rings (SSSR count). The van der Waals surface area contributed by atoms with Crippen molar-refractivity contribution in [2.45, 2.75) is 98.8 Å². The van der Waals surface area contributed by atoms with Gasteiger partial charge in [-0.25, -0.2) is 0 Å². The molecule has 0 aromatic carbocycles. The van der Waals surface area contributed by atoms with E-state index in [9.17, 15) is 5.11 Å². The monoisotopic (exact) mass is 370 g/mol. The second-order valence-corrected chi connectivity index (χ2v) is 12.7. The molecule has 27 heavy (non-hydrogen) atoms. The van der Waals surface area contributed by atoms with Crippen LogP contribution in [-0.2, 0) is 0 Å². The topological polar surface area (TPSA) is 20.2 Å². The van der Waals surface area contributed by atoms with Crippen molar-refractivity contribution in [3.8, 4) is 0 Å². The van der Waals surface area contributed by atoms with E-state index < -0.39 is 0 Å². The number of hydrogen-bond acceptors (Lipinski definition) is 1. The highest BCUT2D eigenvalue weighted by Crippen LogP contribution is 2.72. The van der Waals surface area contributed by atoms with Gasteiger partial charge in [-0.2, -0.15) is 0 Å². The number of allylic oxidation sites excluding steroid dienone is 2. The predicted octanol–water partition coefficient (Wildman–Crippen LogP) is 7.52. The standard InChI is InChI=1S/C26H42O/c1-23(2)20-11-15-25(4)19-10-14-24(3)13-6-7-18(24)17(19)8-9-21(25)26(20,5)16-12-22(23)27/h12,17-21,27H,6-11,13-16H2,1-5H3/t17-,18?,19?,20?,21?,24-,25+,26+/m1/s1. The van der Waals surface area contributed by atoms with Crippen LogP contribution in [0.25, 0.3) is 0 Å². The number of fused-ring (bicyclic) bond motifs is 7. The van der Waals surface area contributed by atoms with Crippen molar-refractivity contribution in [1.82, 2.24) is 0 Å². The zero-order valence-electron chi connectivity index (χ0n) is 18.5. The van der Waals surface area contributed by atoms with Crippen LogP contribution < -0.4 is 0 Å². The molecule has 0 aliphatic heterocycles. The van der Waals surface area contributed by atoms with Crippen molar-refractivity contribution in [1.29, 1.82) is 0 Å². The lowest BCUT2D eigenvalue weighted by atomic mass is 9.37. The van der Waals surface area contributed by atoms with Gasteiger partial charge >= 0.3 is 0 Å². The summed E-state index contributed by atoms with van der Waals surface area (Å²) < 4.78 is 0. The third kappa shape index (κ3) is 2.24. The molecular weight excluding hydrogens is 328 g/mol. The van der Waals surface area contributed by atoms with Gasteiger partial charge < -0.3 is 5.11 Å². The van der Waals surface area contributed by atoms with E-state index >= 15 is 0 Å². The molecule has 0 radical (unpaired) electrons. The molecule has 0 amide bonds. The molecule has 0 saturated heterocycles. The molecule has 1 nitrogen and oxygen atoms in total. The molecule has 0 aromatic heterocycles. The van der Waals surface area contributed by atoms with Crippen LogP contribution in [0.3, 0.4) is 0 Å². The molecule has 1 heteroatoms. The van der Waals surface area contributed by atoms with E-state index in [4.69, 9.17) is 0 Å². The van der Waals surface area contributed by atoms with E-state index in [2.05, 4.69) is 40.7 Å². The molecule has 0 aromatic rings. The Morgan fingerprint density at radius 2 is 1.56 bits per heavy atom. The lowest BCUT2D eigenvalue weighted by Gasteiger charge is -2.68. The summed E-state index contributed by atoms with van der Waals surface area (Å²) in [5.74, 6) is 5.15. The molecule has 0 heterocycles. The molecule has 4 saturated carbocycles. The van der Waals surface area contributed by atoms with Gasteiger partial charge in [-0.3, -0.25) is 0 Å². The molecule has 5 aliphatic rings. The van der Waals surface area contributed by atoms with E-state index in [1.165, 1.54) is 57.8 Å². The number of hydrogen-bond donors (Lipinski definition) is 1. The van der Waals surface area contributed by atoms with E-state index in [1.54, 1.807) is 0 Å². The Morgan fingerprint density at radius 3 is 2.33 bits per heavy atom. The Kier molecular flexibility index (Phi) is 3.83. The molecule has 5 aliphatic carbocycles. The predicted molar refractivity (Wildman–Crippen MR) is 112 cm³/mol. The van der Waals surface area contributed by atoms with Gasteiger partial charge in [-0.15, -0.1) is 0 Å².